The van der Waals surface area contributed by atoms with Gasteiger partial charge in [0.15, 0.2) is 0 Å². The van der Waals surface area contributed by atoms with E-state index in [2.05, 4.69) is 34.9 Å². The molecule has 1 fully saturated rings. The monoisotopic (exact) mass is 324 g/mol. The Morgan fingerprint density at radius 2 is 1.86 bits per heavy atom. The largest absolute Gasteiger partial charge is 0.384 e. The van der Waals surface area contributed by atoms with Crippen LogP contribution in [0.3, 0.4) is 0 Å². The maximum absolute atomic E-state index is 12.8. The predicted octanol–water partition coefficient (Wildman–Crippen LogP) is 1.71. The van der Waals surface area contributed by atoms with Crippen molar-refractivity contribution in [3.63, 3.8) is 0 Å². The molecule has 1 aliphatic carbocycles. The third-order valence-electron chi connectivity index (χ3n) is 4.85. The average Bonchev–Trinajstić information content (AvgIpc) is 2.90. The van der Waals surface area contributed by atoms with E-state index in [-0.39, 0.29) is 29.8 Å². The first kappa shape index (κ1) is 17.3. The number of carbonyl (C=O) groups excluding carboxylic acids is 1. The van der Waals surface area contributed by atoms with Crippen LogP contribution < -0.4 is 10.6 Å². The van der Waals surface area contributed by atoms with Gasteiger partial charge in [0.1, 0.15) is 0 Å². The molecule has 0 saturated carbocycles. The highest BCUT2D eigenvalue weighted by Crippen LogP contribution is 2.30. The van der Waals surface area contributed by atoms with Crippen molar-refractivity contribution in [3.8, 4) is 0 Å². The van der Waals surface area contributed by atoms with Crippen molar-refractivity contribution < 1.29 is 9.53 Å². The summed E-state index contributed by atoms with van der Waals surface area (Å²) >= 11 is 0. The van der Waals surface area contributed by atoms with E-state index in [1.807, 2.05) is 0 Å². The zero-order chi connectivity index (χ0) is 14.7. The van der Waals surface area contributed by atoms with Gasteiger partial charge in [0.05, 0.1) is 12.0 Å². The van der Waals surface area contributed by atoms with E-state index in [1.165, 1.54) is 11.1 Å². The molecule has 0 bridgehead atoms. The number of methoxy groups -OCH3 is 1. The van der Waals surface area contributed by atoms with Crippen LogP contribution in [0.4, 0.5) is 0 Å². The Kier molecular flexibility index (Phi) is 5.84. The number of hydrogen-bond acceptors (Lipinski definition) is 3. The minimum Gasteiger partial charge on any atom is -0.384 e. The molecule has 1 aliphatic heterocycles. The molecule has 0 radical (unpaired) electrons. The van der Waals surface area contributed by atoms with Crippen molar-refractivity contribution >= 4 is 18.3 Å². The number of piperidine rings is 1. The normalized spacial score (nSPS) is 20.0. The van der Waals surface area contributed by atoms with Gasteiger partial charge in [0.25, 0.3) is 0 Å². The Morgan fingerprint density at radius 3 is 2.41 bits per heavy atom. The Hall–Kier alpha value is -1.10. The van der Waals surface area contributed by atoms with E-state index in [0.29, 0.717) is 6.61 Å². The standard InChI is InChI=1S/C17H24N2O2.ClH/c1-21-12-17(6-8-18-9-7-17)16(20)19-15-10-13-4-2-3-5-14(13)11-15;/h2-5,15,18H,6-12H2,1H3,(H,19,20);1H. The maximum Gasteiger partial charge on any atom is 0.228 e. The van der Waals surface area contributed by atoms with Gasteiger partial charge in [-0.1, -0.05) is 24.3 Å². The van der Waals surface area contributed by atoms with E-state index >= 15 is 0 Å². The van der Waals surface area contributed by atoms with E-state index < -0.39 is 0 Å². The van der Waals surface area contributed by atoms with Crippen LogP contribution in [-0.2, 0) is 22.4 Å². The Morgan fingerprint density at radius 1 is 1.27 bits per heavy atom. The lowest BCUT2D eigenvalue weighted by molar-refractivity contribution is -0.136. The molecule has 2 aliphatic rings. The Balaban J connectivity index is 0.00000176. The van der Waals surface area contributed by atoms with Crippen molar-refractivity contribution in [3.05, 3.63) is 35.4 Å². The second-order valence-corrected chi connectivity index (χ2v) is 6.31. The summed E-state index contributed by atoms with van der Waals surface area (Å²) in [4.78, 5) is 12.8. The topological polar surface area (TPSA) is 50.4 Å². The minimum absolute atomic E-state index is 0. The zero-order valence-electron chi connectivity index (χ0n) is 13.1. The number of amides is 1. The van der Waals surface area contributed by atoms with Gasteiger partial charge in [-0.3, -0.25) is 4.79 Å². The lowest BCUT2D eigenvalue weighted by Gasteiger charge is -2.36. The first-order valence-electron chi connectivity index (χ1n) is 7.81. The number of hydrogen-bond donors (Lipinski definition) is 2. The second kappa shape index (κ2) is 7.44. The van der Waals surface area contributed by atoms with Crippen molar-refractivity contribution in [1.29, 1.82) is 0 Å². The quantitative estimate of drug-likeness (QED) is 0.886. The third-order valence-corrected chi connectivity index (χ3v) is 4.85. The van der Waals surface area contributed by atoms with Crippen molar-refractivity contribution in [1.82, 2.24) is 10.6 Å². The highest BCUT2D eigenvalue weighted by atomic mass is 35.5. The van der Waals surface area contributed by atoms with Crippen LogP contribution in [0, 0.1) is 5.41 Å². The molecule has 4 nitrogen and oxygen atoms in total. The molecule has 2 N–H and O–H groups in total. The van der Waals surface area contributed by atoms with E-state index in [1.54, 1.807) is 7.11 Å². The summed E-state index contributed by atoms with van der Waals surface area (Å²) in [5, 5.41) is 6.60. The fraction of sp³-hybridized carbons (Fsp3) is 0.588. The van der Waals surface area contributed by atoms with Gasteiger partial charge in [-0.2, -0.15) is 0 Å². The lowest BCUT2D eigenvalue weighted by atomic mass is 9.78. The summed E-state index contributed by atoms with van der Waals surface area (Å²) in [5.74, 6) is 0.170. The van der Waals surface area contributed by atoms with Gasteiger partial charge in [-0.25, -0.2) is 0 Å². The van der Waals surface area contributed by atoms with Crippen LogP contribution in [0.5, 0.6) is 0 Å². The average molecular weight is 325 g/mol. The van der Waals surface area contributed by atoms with Gasteiger partial charge in [0, 0.05) is 13.2 Å². The summed E-state index contributed by atoms with van der Waals surface area (Å²) in [5.41, 5.74) is 2.39. The summed E-state index contributed by atoms with van der Waals surface area (Å²) in [6, 6.07) is 8.71. The molecular weight excluding hydrogens is 300 g/mol. The fourth-order valence-corrected chi connectivity index (χ4v) is 3.62. The van der Waals surface area contributed by atoms with Crippen molar-refractivity contribution in [2.24, 2.45) is 5.41 Å². The second-order valence-electron chi connectivity index (χ2n) is 6.31. The van der Waals surface area contributed by atoms with Gasteiger partial charge in [0.2, 0.25) is 5.91 Å². The Labute approximate surface area is 138 Å². The van der Waals surface area contributed by atoms with E-state index in [4.69, 9.17) is 4.74 Å². The molecule has 1 aromatic rings. The summed E-state index contributed by atoms with van der Waals surface area (Å²) in [7, 11) is 1.68. The summed E-state index contributed by atoms with van der Waals surface area (Å²) in [6.07, 6.45) is 3.60. The molecule has 0 atom stereocenters. The van der Waals surface area contributed by atoms with Crippen LogP contribution in [0.1, 0.15) is 24.0 Å². The maximum atomic E-state index is 12.8. The van der Waals surface area contributed by atoms with Gasteiger partial charge < -0.3 is 15.4 Å². The number of nitrogens with one attached hydrogen (secondary N) is 2. The van der Waals surface area contributed by atoms with Crippen LogP contribution in [0.2, 0.25) is 0 Å². The minimum atomic E-state index is -0.352. The molecule has 0 spiro atoms. The van der Waals surface area contributed by atoms with Crippen LogP contribution in [0.15, 0.2) is 24.3 Å². The third kappa shape index (κ3) is 3.45. The molecule has 0 unspecified atom stereocenters. The van der Waals surface area contributed by atoms with Gasteiger partial charge in [-0.15, -0.1) is 12.4 Å². The molecular formula is C17H25ClN2O2. The highest BCUT2D eigenvalue weighted by Gasteiger charge is 2.40. The number of rotatable bonds is 4. The van der Waals surface area contributed by atoms with Gasteiger partial charge in [-0.05, 0) is 49.9 Å². The highest BCUT2D eigenvalue weighted by molar-refractivity contribution is 5.85. The molecule has 0 aromatic heterocycles. The van der Waals surface area contributed by atoms with Crippen molar-refractivity contribution in [2.75, 3.05) is 26.8 Å². The van der Waals surface area contributed by atoms with E-state index in [0.717, 1.165) is 38.8 Å². The fourth-order valence-electron chi connectivity index (χ4n) is 3.62. The first-order chi connectivity index (χ1) is 10.2. The molecule has 3 rings (SSSR count). The smallest absolute Gasteiger partial charge is 0.228 e. The van der Waals surface area contributed by atoms with E-state index in [9.17, 15) is 4.79 Å². The van der Waals surface area contributed by atoms with Crippen LogP contribution >= 0.6 is 12.4 Å². The number of fused-ring (bicyclic) bond motifs is 1. The zero-order valence-corrected chi connectivity index (χ0v) is 13.9. The Bertz CT molecular complexity index is 485. The lowest BCUT2D eigenvalue weighted by Crippen LogP contribution is -2.52. The van der Waals surface area contributed by atoms with Crippen LogP contribution in [0.25, 0.3) is 0 Å². The van der Waals surface area contributed by atoms with Crippen LogP contribution in [-0.4, -0.2) is 38.8 Å². The number of benzene rings is 1. The number of halogens is 1. The molecule has 1 aromatic carbocycles. The molecule has 22 heavy (non-hydrogen) atoms. The number of carbonyl (C=O) groups is 1. The predicted molar refractivity (Wildman–Crippen MR) is 89.4 cm³/mol. The van der Waals surface area contributed by atoms with Crippen molar-refractivity contribution in [2.45, 2.75) is 31.7 Å². The summed E-state index contributed by atoms with van der Waals surface area (Å²) < 4.78 is 5.34. The summed E-state index contributed by atoms with van der Waals surface area (Å²) in [6.45, 7) is 2.30. The molecule has 1 saturated heterocycles. The first-order valence-corrected chi connectivity index (χ1v) is 7.81. The number of ether oxygens (including phenoxy) is 1. The molecule has 1 heterocycles. The SMILES string of the molecule is COCC1(C(=O)NC2Cc3ccccc3C2)CCNCC1.Cl. The van der Waals surface area contributed by atoms with Gasteiger partial charge >= 0.3 is 0 Å². The molecule has 1 amide bonds. The molecule has 5 heteroatoms. The molecule has 122 valence electrons.